The minimum Gasteiger partial charge on any atom is -0.491 e. The average Bonchev–Trinajstić information content (AvgIpc) is 2.80. The first kappa shape index (κ1) is 26.3. The van der Waals surface area contributed by atoms with Gasteiger partial charge in [0.15, 0.2) is 0 Å². The first-order valence-electron chi connectivity index (χ1n) is 11.1. The molecule has 1 amide bonds. The number of carbonyl (C=O) groups is 1. The lowest BCUT2D eigenvalue weighted by Gasteiger charge is -2.34. The molecule has 0 saturated heterocycles. The number of amides is 1. The third-order valence-electron chi connectivity index (χ3n) is 6.13. The molecule has 3 atom stereocenters. The molecule has 0 unspecified atom stereocenters. The van der Waals surface area contributed by atoms with E-state index in [1.807, 2.05) is 7.05 Å². The summed E-state index contributed by atoms with van der Waals surface area (Å²) in [4.78, 5) is 17.2. The minimum atomic E-state index is -3.86. The Morgan fingerprint density at radius 1 is 1.09 bits per heavy atom. The highest BCUT2D eigenvalue weighted by Gasteiger charge is 2.27. The van der Waals surface area contributed by atoms with Crippen LogP contribution in [0.4, 0.5) is 5.69 Å². The van der Waals surface area contributed by atoms with Gasteiger partial charge in [-0.25, -0.2) is 8.42 Å². The number of ether oxygens (including phenoxy) is 2. The predicted molar refractivity (Wildman–Crippen MR) is 133 cm³/mol. The van der Waals surface area contributed by atoms with E-state index >= 15 is 0 Å². The number of carbonyl (C=O) groups excluding carboxylic acids is 1. The predicted octanol–water partition coefficient (Wildman–Crippen LogP) is 3.58. The summed E-state index contributed by atoms with van der Waals surface area (Å²) in [6.07, 6.45) is -0.154. The molecule has 2 aromatic rings. The Morgan fingerprint density at radius 2 is 1.76 bits per heavy atom. The van der Waals surface area contributed by atoms with E-state index in [0.717, 1.165) is 6.54 Å². The van der Waals surface area contributed by atoms with Crippen LogP contribution >= 0.6 is 11.6 Å². The normalized spacial score (nSPS) is 22.8. The van der Waals surface area contributed by atoms with Crippen molar-refractivity contribution < 1.29 is 22.7 Å². The summed E-state index contributed by atoms with van der Waals surface area (Å²) in [6, 6.07) is 10.7. The van der Waals surface area contributed by atoms with Crippen molar-refractivity contribution in [3.05, 3.63) is 53.1 Å². The van der Waals surface area contributed by atoms with Gasteiger partial charge < -0.3 is 14.4 Å². The molecule has 0 aliphatic carbocycles. The fourth-order valence-corrected chi connectivity index (χ4v) is 5.02. The van der Waals surface area contributed by atoms with Gasteiger partial charge in [0.25, 0.3) is 15.9 Å². The van der Waals surface area contributed by atoms with Crippen LogP contribution in [-0.4, -0.2) is 77.2 Å². The lowest BCUT2D eigenvalue weighted by Crippen LogP contribution is -2.45. The van der Waals surface area contributed by atoms with Crippen LogP contribution in [0.25, 0.3) is 0 Å². The average molecular weight is 510 g/mol. The Hall–Kier alpha value is -2.33. The van der Waals surface area contributed by atoms with Crippen LogP contribution < -0.4 is 9.46 Å². The zero-order valence-electron chi connectivity index (χ0n) is 20.1. The Labute approximate surface area is 206 Å². The number of fused-ring (bicyclic) bond motifs is 1. The fraction of sp³-hybridized carbons (Fsp3) is 0.458. The number of nitrogens with zero attached hydrogens (tertiary/aromatic N) is 2. The lowest BCUT2D eigenvalue weighted by molar-refractivity contribution is 0.0150. The number of hydrogen-bond donors (Lipinski definition) is 1. The Kier molecular flexibility index (Phi) is 8.46. The van der Waals surface area contributed by atoms with Crippen molar-refractivity contribution in [2.75, 3.05) is 45.6 Å². The standard InChI is InChI=1S/C24H32ClN3O5S/c1-16-13-27(3)17(2)15-33-22-11-8-19(12-21(22)24(29)28(4)14-23(16)32-5)26-34(30,31)20-9-6-18(25)7-10-20/h6-12,16-17,23,26H,13-15H2,1-5H3/t16-,17-,23-/m0/s1. The molecule has 0 fully saturated rings. The highest BCUT2D eigenvalue weighted by molar-refractivity contribution is 7.92. The zero-order valence-corrected chi connectivity index (χ0v) is 21.7. The third kappa shape index (κ3) is 6.21. The summed E-state index contributed by atoms with van der Waals surface area (Å²) in [5, 5.41) is 0.438. The molecule has 1 heterocycles. The summed E-state index contributed by atoms with van der Waals surface area (Å²) in [5.74, 6) is 0.302. The van der Waals surface area contributed by atoms with Crippen molar-refractivity contribution in [1.82, 2.24) is 9.80 Å². The molecule has 8 nitrogen and oxygen atoms in total. The molecule has 186 valence electrons. The van der Waals surface area contributed by atoms with E-state index in [4.69, 9.17) is 21.1 Å². The van der Waals surface area contributed by atoms with Crippen molar-refractivity contribution >= 4 is 33.2 Å². The largest absolute Gasteiger partial charge is 0.491 e. The quantitative estimate of drug-likeness (QED) is 0.677. The monoisotopic (exact) mass is 509 g/mol. The maximum atomic E-state index is 13.4. The number of anilines is 1. The molecule has 0 radical (unpaired) electrons. The summed E-state index contributed by atoms with van der Waals surface area (Å²) < 4.78 is 39.9. The van der Waals surface area contributed by atoms with Crippen molar-refractivity contribution in [3.63, 3.8) is 0 Å². The maximum Gasteiger partial charge on any atom is 0.261 e. The van der Waals surface area contributed by atoms with Gasteiger partial charge in [-0.1, -0.05) is 18.5 Å². The van der Waals surface area contributed by atoms with Gasteiger partial charge in [0.05, 0.1) is 16.6 Å². The number of nitrogens with one attached hydrogen (secondary N) is 1. The van der Waals surface area contributed by atoms with E-state index in [2.05, 4.69) is 23.5 Å². The van der Waals surface area contributed by atoms with Gasteiger partial charge in [-0.15, -0.1) is 0 Å². The lowest BCUT2D eigenvalue weighted by atomic mass is 10.0. The number of benzene rings is 2. The Bertz CT molecular complexity index is 1110. The molecule has 10 heteroatoms. The van der Waals surface area contributed by atoms with Gasteiger partial charge in [0, 0.05) is 44.0 Å². The van der Waals surface area contributed by atoms with Crippen LogP contribution in [0.2, 0.25) is 5.02 Å². The maximum absolute atomic E-state index is 13.4. The second kappa shape index (κ2) is 10.9. The summed E-state index contributed by atoms with van der Waals surface area (Å²) in [5.41, 5.74) is 0.532. The molecule has 0 saturated carbocycles. The summed E-state index contributed by atoms with van der Waals surface area (Å²) in [6.45, 7) is 5.71. The number of methoxy groups -OCH3 is 1. The van der Waals surface area contributed by atoms with Gasteiger partial charge in [0.2, 0.25) is 0 Å². The molecule has 0 aromatic heterocycles. The number of halogens is 1. The number of hydrogen-bond acceptors (Lipinski definition) is 6. The Balaban J connectivity index is 1.95. The first-order valence-corrected chi connectivity index (χ1v) is 12.9. The van der Waals surface area contributed by atoms with Crippen LogP contribution in [0.1, 0.15) is 24.2 Å². The fourth-order valence-electron chi connectivity index (χ4n) is 3.85. The van der Waals surface area contributed by atoms with Gasteiger partial charge >= 0.3 is 0 Å². The molecule has 1 aliphatic rings. The molecule has 3 rings (SSSR count). The number of rotatable bonds is 4. The van der Waals surface area contributed by atoms with Gasteiger partial charge in [-0.3, -0.25) is 14.4 Å². The van der Waals surface area contributed by atoms with E-state index in [1.54, 1.807) is 31.2 Å². The first-order chi connectivity index (χ1) is 16.0. The van der Waals surface area contributed by atoms with E-state index < -0.39 is 10.0 Å². The molecular weight excluding hydrogens is 478 g/mol. The summed E-state index contributed by atoms with van der Waals surface area (Å²) in [7, 11) is 1.52. The van der Waals surface area contributed by atoms with Crippen LogP contribution in [0.15, 0.2) is 47.4 Å². The minimum absolute atomic E-state index is 0.0677. The van der Waals surface area contributed by atoms with Crippen LogP contribution in [0.3, 0.4) is 0 Å². The second-order valence-electron chi connectivity index (χ2n) is 8.81. The van der Waals surface area contributed by atoms with E-state index in [-0.39, 0.29) is 40.1 Å². The Morgan fingerprint density at radius 3 is 2.41 bits per heavy atom. The van der Waals surface area contributed by atoms with Crippen LogP contribution in [0, 0.1) is 5.92 Å². The van der Waals surface area contributed by atoms with Crippen molar-refractivity contribution in [3.8, 4) is 5.75 Å². The van der Waals surface area contributed by atoms with Gasteiger partial charge in [-0.2, -0.15) is 0 Å². The molecule has 1 N–H and O–H groups in total. The molecular formula is C24H32ClN3O5S. The number of likely N-dealkylation sites (N-methyl/N-ethyl adjacent to an activating group) is 2. The van der Waals surface area contributed by atoms with E-state index in [9.17, 15) is 13.2 Å². The molecule has 0 bridgehead atoms. The van der Waals surface area contributed by atoms with Crippen LogP contribution in [-0.2, 0) is 14.8 Å². The van der Waals surface area contributed by atoms with Crippen molar-refractivity contribution in [2.45, 2.75) is 30.9 Å². The smallest absolute Gasteiger partial charge is 0.261 e. The highest BCUT2D eigenvalue weighted by atomic mass is 35.5. The van der Waals surface area contributed by atoms with Gasteiger partial charge in [-0.05, 0) is 62.4 Å². The SMILES string of the molecule is CO[C@H]1CN(C)C(=O)c2cc(NS(=O)(=O)c3ccc(Cl)cc3)ccc2OC[C@H](C)N(C)C[C@@H]1C. The second-order valence-corrected chi connectivity index (χ2v) is 10.9. The topological polar surface area (TPSA) is 88.2 Å². The van der Waals surface area contributed by atoms with Crippen LogP contribution in [0.5, 0.6) is 5.75 Å². The molecule has 1 aliphatic heterocycles. The van der Waals surface area contributed by atoms with E-state index in [0.29, 0.717) is 23.9 Å². The van der Waals surface area contributed by atoms with Crippen molar-refractivity contribution in [1.29, 1.82) is 0 Å². The van der Waals surface area contributed by atoms with E-state index in [1.165, 1.54) is 30.3 Å². The molecule has 0 spiro atoms. The molecule has 34 heavy (non-hydrogen) atoms. The zero-order chi connectivity index (χ0) is 25.0. The third-order valence-corrected chi connectivity index (χ3v) is 7.78. The van der Waals surface area contributed by atoms with Gasteiger partial charge in [0.1, 0.15) is 12.4 Å². The summed E-state index contributed by atoms with van der Waals surface area (Å²) >= 11 is 5.87. The van der Waals surface area contributed by atoms with Crippen molar-refractivity contribution in [2.24, 2.45) is 5.92 Å². The highest BCUT2D eigenvalue weighted by Crippen LogP contribution is 2.27. The molecule has 2 aromatic carbocycles. The number of sulfonamides is 1.